The van der Waals surface area contributed by atoms with Gasteiger partial charge in [0.15, 0.2) is 0 Å². The van der Waals surface area contributed by atoms with E-state index in [2.05, 4.69) is 83.9 Å². The number of nitrogens with one attached hydrogen (secondary N) is 3. The van der Waals surface area contributed by atoms with Crippen LogP contribution in [0.5, 0.6) is 11.6 Å². The molecule has 58 heavy (non-hydrogen) atoms. The number of methoxy groups -OCH3 is 1. The molecule has 14 nitrogen and oxygen atoms in total. The van der Waals surface area contributed by atoms with Gasteiger partial charge < -0.3 is 29.9 Å². The van der Waals surface area contributed by atoms with E-state index in [0.717, 1.165) is 127 Å². The standard InChI is InChI=1S/C44H50N10O4/c1-28-22-34(7-9-37(28)54-16-12-40(55)50-44(54)56)52-19-17-51(18-20-52)27-30-10-14-53(15-11-30)38-8-6-33(24-39(38)57-3)48-43-47-25-32-5-4-31(23-36(32)49-43)35-26-46-42-41(29(35)2)45-13-21-58-42/h4-9,22-26,30,45H,10-21,27H2,1-3H3,(H,47,48,49)(H,50,55,56). The highest BCUT2D eigenvalue weighted by Crippen LogP contribution is 2.37. The normalized spacial score (nSPS) is 17.7. The lowest BCUT2D eigenvalue weighted by atomic mass is 9.95. The highest BCUT2D eigenvalue weighted by molar-refractivity contribution is 6.06. The van der Waals surface area contributed by atoms with E-state index < -0.39 is 0 Å². The van der Waals surface area contributed by atoms with E-state index in [1.54, 1.807) is 12.0 Å². The Labute approximate surface area is 338 Å². The second kappa shape index (κ2) is 16.0. The maximum atomic E-state index is 12.4. The van der Waals surface area contributed by atoms with E-state index in [1.165, 1.54) is 5.69 Å². The van der Waals surface area contributed by atoms with Gasteiger partial charge in [-0.2, -0.15) is 0 Å². The lowest BCUT2D eigenvalue weighted by molar-refractivity contribution is -0.120. The Kier molecular flexibility index (Phi) is 10.3. The molecule has 6 heterocycles. The van der Waals surface area contributed by atoms with Gasteiger partial charge in [0.25, 0.3) is 0 Å². The third-order valence-corrected chi connectivity index (χ3v) is 12.0. The number of rotatable bonds is 9. The summed E-state index contributed by atoms with van der Waals surface area (Å²) in [5, 5.41) is 10.2. The van der Waals surface area contributed by atoms with Crippen molar-refractivity contribution in [3.8, 4) is 22.8 Å². The number of amides is 3. The van der Waals surface area contributed by atoms with Crippen LogP contribution in [0.3, 0.4) is 0 Å². The fourth-order valence-electron chi connectivity index (χ4n) is 8.75. The number of piperazine rings is 1. The van der Waals surface area contributed by atoms with Crippen molar-refractivity contribution >= 4 is 57.2 Å². The highest BCUT2D eigenvalue weighted by atomic mass is 16.5. The SMILES string of the molecule is COc1cc(Nc2ncc3ccc(-c4cnc5c(c4C)NCCO5)cc3n2)ccc1N1CCC(CN2CCN(c3ccc(N4CCC(=O)NC4=O)c(C)c3)CC2)CC1. The number of ether oxygens (including phenoxy) is 2. The van der Waals surface area contributed by atoms with Crippen LogP contribution >= 0.6 is 0 Å². The Morgan fingerprint density at radius 1 is 0.879 bits per heavy atom. The fourth-order valence-corrected chi connectivity index (χ4v) is 8.75. The molecule has 5 aromatic rings. The van der Waals surface area contributed by atoms with E-state index >= 15 is 0 Å². The van der Waals surface area contributed by atoms with Gasteiger partial charge in [-0.1, -0.05) is 12.1 Å². The molecule has 0 bridgehead atoms. The Bertz CT molecular complexity index is 2360. The first-order valence-electron chi connectivity index (χ1n) is 20.3. The van der Waals surface area contributed by atoms with Gasteiger partial charge in [0.2, 0.25) is 17.7 Å². The number of fused-ring (bicyclic) bond motifs is 2. The molecule has 14 heteroatoms. The summed E-state index contributed by atoms with van der Waals surface area (Å²) in [7, 11) is 1.73. The van der Waals surface area contributed by atoms with Crippen molar-refractivity contribution in [1.82, 2.24) is 25.2 Å². The van der Waals surface area contributed by atoms with Crippen LogP contribution in [-0.4, -0.2) is 104 Å². The van der Waals surface area contributed by atoms with Crippen molar-refractivity contribution in [1.29, 1.82) is 0 Å². The number of aromatic nitrogens is 3. The molecule has 9 rings (SSSR count). The number of imide groups is 1. The van der Waals surface area contributed by atoms with Gasteiger partial charge in [0.05, 0.1) is 18.3 Å². The molecule has 3 fully saturated rings. The Morgan fingerprint density at radius 2 is 1.71 bits per heavy atom. The number of carbonyl (C=O) groups is 2. The largest absolute Gasteiger partial charge is 0.495 e. The highest BCUT2D eigenvalue weighted by Gasteiger charge is 2.28. The minimum absolute atomic E-state index is 0.215. The molecule has 300 valence electrons. The van der Waals surface area contributed by atoms with Gasteiger partial charge in [-0.05, 0) is 85.7 Å². The van der Waals surface area contributed by atoms with Crippen molar-refractivity contribution in [3.63, 3.8) is 0 Å². The van der Waals surface area contributed by atoms with Crippen LogP contribution in [0, 0.1) is 19.8 Å². The van der Waals surface area contributed by atoms with Gasteiger partial charge in [0, 0.05) is 112 Å². The molecule has 0 aliphatic carbocycles. The van der Waals surface area contributed by atoms with Gasteiger partial charge in [-0.15, -0.1) is 0 Å². The lowest BCUT2D eigenvalue weighted by Gasteiger charge is -2.40. The number of anilines is 6. The zero-order chi connectivity index (χ0) is 39.8. The summed E-state index contributed by atoms with van der Waals surface area (Å²) < 4.78 is 11.7. The minimum atomic E-state index is -0.343. The van der Waals surface area contributed by atoms with Gasteiger partial charge in [-0.25, -0.2) is 19.7 Å². The van der Waals surface area contributed by atoms with Crippen LogP contribution < -0.4 is 40.1 Å². The molecule has 4 aliphatic rings. The molecule has 0 spiro atoms. The Morgan fingerprint density at radius 3 is 2.50 bits per heavy atom. The molecule has 0 unspecified atom stereocenters. The maximum Gasteiger partial charge on any atom is 0.328 e. The van der Waals surface area contributed by atoms with Crippen molar-refractivity contribution in [2.45, 2.75) is 33.1 Å². The van der Waals surface area contributed by atoms with Crippen molar-refractivity contribution < 1.29 is 19.1 Å². The number of hydrogen-bond donors (Lipinski definition) is 3. The average Bonchev–Trinajstić information content (AvgIpc) is 3.24. The second-order valence-electron chi connectivity index (χ2n) is 15.7. The van der Waals surface area contributed by atoms with E-state index in [9.17, 15) is 9.59 Å². The molecular formula is C44H50N10O4. The van der Waals surface area contributed by atoms with Crippen LogP contribution in [0.2, 0.25) is 0 Å². The molecule has 3 N–H and O–H groups in total. The zero-order valence-electron chi connectivity index (χ0n) is 33.4. The smallest absolute Gasteiger partial charge is 0.328 e. The summed E-state index contributed by atoms with van der Waals surface area (Å²) in [6.45, 7) is 13.0. The van der Waals surface area contributed by atoms with Crippen molar-refractivity contribution in [2.24, 2.45) is 5.92 Å². The van der Waals surface area contributed by atoms with Crippen LogP contribution in [0.1, 0.15) is 30.4 Å². The van der Waals surface area contributed by atoms with Crippen molar-refractivity contribution in [2.75, 3.05) is 98.0 Å². The quantitative estimate of drug-likeness (QED) is 0.154. The molecule has 3 saturated heterocycles. The molecule has 4 aliphatic heterocycles. The summed E-state index contributed by atoms with van der Waals surface area (Å²) >= 11 is 0. The maximum absolute atomic E-state index is 12.4. The summed E-state index contributed by atoms with van der Waals surface area (Å²) in [6, 6.07) is 18.4. The number of aryl methyl sites for hydroxylation is 1. The average molecular weight is 783 g/mol. The number of nitrogens with zero attached hydrogens (tertiary/aromatic N) is 7. The van der Waals surface area contributed by atoms with E-state index in [-0.39, 0.29) is 11.9 Å². The summed E-state index contributed by atoms with van der Waals surface area (Å²) in [5.41, 5.74) is 10.0. The second-order valence-corrected chi connectivity index (χ2v) is 15.7. The van der Waals surface area contributed by atoms with Crippen molar-refractivity contribution in [3.05, 3.63) is 78.1 Å². The minimum Gasteiger partial charge on any atom is -0.495 e. The topological polar surface area (TPSA) is 140 Å². The predicted molar refractivity (Wildman–Crippen MR) is 228 cm³/mol. The van der Waals surface area contributed by atoms with E-state index in [4.69, 9.17) is 14.5 Å². The van der Waals surface area contributed by atoms with Gasteiger partial charge in [-0.3, -0.25) is 19.9 Å². The fraction of sp³-hybridized carbons (Fsp3) is 0.386. The Hall–Kier alpha value is -6.15. The van der Waals surface area contributed by atoms with E-state index in [1.807, 2.05) is 37.5 Å². The van der Waals surface area contributed by atoms with Crippen LogP contribution in [0.25, 0.3) is 22.0 Å². The molecule has 0 saturated carbocycles. The predicted octanol–water partition coefficient (Wildman–Crippen LogP) is 6.35. The van der Waals surface area contributed by atoms with Gasteiger partial charge >= 0.3 is 6.03 Å². The Balaban J connectivity index is 0.783. The molecular weight excluding hydrogens is 733 g/mol. The number of pyridine rings is 1. The first-order chi connectivity index (χ1) is 28.3. The monoisotopic (exact) mass is 782 g/mol. The number of piperidine rings is 1. The third kappa shape index (κ3) is 7.63. The number of carbonyl (C=O) groups excluding carboxylic acids is 2. The molecule has 3 amide bonds. The van der Waals surface area contributed by atoms with E-state index in [0.29, 0.717) is 37.3 Å². The van der Waals surface area contributed by atoms with Gasteiger partial charge in [0.1, 0.15) is 18.0 Å². The van der Waals surface area contributed by atoms with Crippen LogP contribution in [-0.2, 0) is 4.79 Å². The summed E-state index contributed by atoms with van der Waals surface area (Å²) in [5.74, 6) is 2.44. The molecule has 0 radical (unpaired) electrons. The van der Waals surface area contributed by atoms with Crippen LogP contribution in [0.15, 0.2) is 67.0 Å². The summed E-state index contributed by atoms with van der Waals surface area (Å²) in [6.07, 6.45) is 6.32. The summed E-state index contributed by atoms with van der Waals surface area (Å²) in [4.78, 5) is 47.2. The molecule has 0 atom stereocenters. The first kappa shape index (κ1) is 37.4. The number of hydrogen-bond acceptors (Lipinski definition) is 12. The third-order valence-electron chi connectivity index (χ3n) is 12.0. The first-order valence-corrected chi connectivity index (χ1v) is 20.3. The molecule has 2 aromatic heterocycles. The molecule has 3 aromatic carbocycles. The number of benzene rings is 3. The van der Waals surface area contributed by atoms with Crippen LogP contribution in [0.4, 0.5) is 39.2 Å². The zero-order valence-corrected chi connectivity index (χ0v) is 33.4. The lowest BCUT2D eigenvalue weighted by Crippen LogP contribution is -2.50. The number of urea groups is 1.